The molecule has 0 radical (unpaired) electrons. The number of halogens is 1. The lowest BCUT2D eigenvalue weighted by Gasteiger charge is -2.11. The third-order valence-electron chi connectivity index (χ3n) is 3.69. The molecule has 0 heterocycles. The molecule has 0 atom stereocenters. The smallest absolute Gasteiger partial charge is 0.261 e. The zero-order valence-electron chi connectivity index (χ0n) is 14.2. The van der Waals surface area contributed by atoms with Crippen molar-refractivity contribution >= 4 is 33.2 Å². The highest BCUT2D eigenvalue weighted by molar-refractivity contribution is 7.92. The summed E-state index contributed by atoms with van der Waals surface area (Å²) in [5.41, 5.74) is 1.61. The third-order valence-corrected chi connectivity index (χ3v) is 5.30. The fraction of sp³-hybridized carbons (Fsp3) is 0.278. The molecule has 0 spiro atoms. The summed E-state index contributed by atoms with van der Waals surface area (Å²) >= 11 is 5.92. The molecule has 5 nitrogen and oxygen atoms in total. The van der Waals surface area contributed by atoms with Gasteiger partial charge in [0.05, 0.1) is 10.6 Å². The summed E-state index contributed by atoms with van der Waals surface area (Å²) in [5, 5.41) is 3.24. The van der Waals surface area contributed by atoms with Crippen molar-refractivity contribution in [1.29, 1.82) is 0 Å². The second kappa shape index (κ2) is 8.36. The van der Waals surface area contributed by atoms with Crippen LogP contribution < -0.4 is 10.0 Å². The van der Waals surface area contributed by atoms with Crippen molar-refractivity contribution in [3.8, 4) is 0 Å². The molecular weight excluding hydrogens is 360 g/mol. The number of carbonyl (C=O) groups is 1. The average molecular weight is 381 g/mol. The Bertz CT molecular complexity index is 849. The zero-order valence-corrected chi connectivity index (χ0v) is 15.7. The van der Waals surface area contributed by atoms with Crippen LogP contribution >= 0.6 is 11.6 Å². The lowest BCUT2D eigenvalue weighted by molar-refractivity contribution is 0.0953. The maximum absolute atomic E-state index is 12.5. The molecule has 25 heavy (non-hydrogen) atoms. The number of aryl methyl sites for hydroxylation is 1. The van der Waals surface area contributed by atoms with E-state index in [2.05, 4.69) is 10.0 Å². The molecular formula is C18H21ClN2O3S. The lowest BCUT2D eigenvalue weighted by atomic mass is 10.2. The third kappa shape index (κ3) is 5.21. The Morgan fingerprint density at radius 3 is 2.44 bits per heavy atom. The highest BCUT2D eigenvalue weighted by atomic mass is 35.5. The van der Waals surface area contributed by atoms with Crippen LogP contribution in [0.4, 0.5) is 5.69 Å². The summed E-state index contributed by atoms with van der Waals surface area (Å²) in [7, 11) is -3.76. The number of carbonyl (C=O) groups excluding carboxylic acids is 1. The van der Waals surface area contributed by atoms with Gasteiger partial charge in [-0.3, -0.25) is 9.52 Å². The lowest BCUT2D eigenvalue weighted by Crippen LogP contribution is -2.24. The van der Waals surface area contributed by atoms with E-state index in [9.17, 15) is 13.2 Å². The fourth-order valence-corrected chi connectivity index (χ4v) is 3.47. The molecule has 0 aliphatic carbocycles. The summed E-state index contributed by atoms with van der Waals surface area (Å²) in [6, 6.07) is 10.8. The standard InChI is InChI=1S/C18H21ClN2O3S/c1-3-4-11-20-18(22)14-6-9-16(10-7-14)25(23,24)21-17-12-15(19)8-5-13(17)2/h5-10,12,21H,3-4,11H2,1-2H3,(H,20,22). The first kappa shape index (κ1) is 19.3. The van der Waals surface area contributed by atoms with Gasteiger partial charge in [0.25, 0.3) is 15.9 Å². The highest BCUT2D eigenvalue weighted by Gasteiger charge is 2.16. The number of sulfonamides is 1. The first-order valence-electron chi connectivity index (χ1n) is 8.00. The van der Waals surface area contributed by atoms with Gasteiger partial charge >= 0.3 is 0 Å². The molecule has 0 aliphatic heterocycles. The molecule has 2 N–H and O–H groups in total. The molecule has 0 aliphatic rings. The van der Waals surface area contributed by atoms with Crippen LogP contribution in [-0.2, 0) is 10.0 Å². The van der Waals surface area contributed by atoms with Crippen molar-refractivity contribution in [2.75, 3.05) is 11.3 Å². The second-order valence-electron chi connectivity index (χ2n) is 5.70. The minimum Gasteiger partial charge on any atom is -0.352 e. The maximum atomic E-state index is 12.5. The zero-order chi connectivity index (χ0) is 18.4. The number of hydrogen-bond donors (Lipinski definition) is 2. The maximum Gasteiger partial charge on any atom is 0.261 e. The molecule has 134 valence electrons. The predicted molar refractivity (Wildman–Crippen MR) is 101 cm³/mol. The van der Waals surface area contributed by atoms with Crippen molar-refractivity contribution < 1.29 is 13.2 Å². The second-order valence-corrected chi connectivity index (χ2v) is 7.82. The summed E-state index contributed by atoms with van der Waals surface area (Å²) in [6.07, 6.45) is 1.90. The van der Waals surface area contributed by atoms with E-state index in [-0.39, 0.29) is 10.8 Å². The van der Waals surface area contributed by atoms with E-state index in [1.54, 1.807) is 25.1 Å². The van der Waals surface area contributed by atoms with Crippen LogP contribution in [0.1, 0.15) is 35.7 Å². The van der Waals surface area contributed by atoms with Gasteiger partial charge in [0.15, 0.2) is 0 Å². The first-order chi connectivity index (χ1) is 11.8. The van der Waals surface area contributed by atoms with E-state index in [0.29, 0.717) is 22.8 Å². The van der Waals surface area contributed by atoms with E-state index in [0.717, 1.165) is 18.4 Å². The van der Waals surface area contributed by atoms with Gasteiger partial charge in [0.2, 0.25) is 0 Å². The van der Waals surface area contributed by atoms with Crippen LogP contribution in [-0.4, -0.2) is 20.9 Å². The van der Waals surface area contributed by atoms with Gasteiger partial charge < -0.3 is 5.32 Å². The summed E-state index contributed by atoms with van der Waals surface area (Å²) < 4.78 is 27.5. The number of nitrogens with one attached hydrogen (secondary N) is 2. The van der Waals surface area contributed by atoms with Gasteiger partial charge in [0, 0.05) is 17.1 Å². The fourth-order valence-electron chi connectivity index (χ4n) is 2.17. The van der Waals surface area contributed by atoms with Crippen molar-refractivity contribution in [1.82, 2.24) is 5.32 Å². The molecule has 0 saturated carbocycles. The Morgan fingerprint density at radius 1 is 1.12 bits per heavy atom. The largest absolute Gasteiger partial charge is 0.352 e. The van der Waals surface area contributed by atoms with E-state index in [4.69, 9.17) is 11.6 Å². The van der Waals surface area contributed by atoms with Gasteiger partial charge in [-0.2, -0.15) is 0 Å². The van der Waals surface area contributed by atoms with Crippen molar-refractivity contribution in [3.63, 3.8) is 0 Å². The Hall–Kier alpha value is -2.05. The van der Waals surface area contributed by atoms with Gasteiger partial charge in [0.1, 0.15) is 0 Å². The monoisotopic (exact) mass is 380 g/mol. The van der Waals surface area contributed by atoms with E-state index < -0.39 is 10.0 Å². The van der Waals surface area contributed by atoms with Crippen LogP contribution in [0.25, 0.3) is 0 Å². The Balaban J connectivity index is 2.14. The highest BCUT2D eigenvalue weighted by Crippen LogP contribution is 2.23. The van der Waals surface area contributed by atoms with Crippen LogP contribution in [0, 0.1) is 6.92 Å². The summed E-state index contributed by atoms with van der Waals surface area (Å²) in [4.78, 5) is 12.0. The van der Waals surface area contributed by atoms with Gasteiger partial charge in [-0.05, 0) is 55.3 Å². The average Bonchev–Trinajstić information content (AvgIpc) is 2.58. The van der Waals surface area contributed by atoms with Crippen molar-refractivity contribution in [2.45, 2.75) is 31.6 Å². The summed E-state index contributed by atoms with van der Waals surface area (Å²) in [5.74, 6) is -0.212. The molecule has 2 aromatic rings. The minimum atomic E-state index is -3.76. The Morgan fingerprint density at radius 2 is 1.80 bits per heavy atom. The topological polar surface area (TPSA) is 75.3 Å². The molecule has 7 heteroatoms. The number of rotatable bonds is 7. The quantitative estimate of drug-likeness (QED) is 0.713. The Labute approximate surface area is 153 Å². The predicted octanol–water partition coefficient (Wildman–Crippen LogP) is 3.98. The molecule has 0 saturated heterocycles. The summed E-state index contributed by atoms with van der Waals surface area (Å²) in [6.45, 7) is 4.43. The van der Waals surface area contributed by atoms with Crippen LogP contribution in [0.3, 0.4) is 0 Å². The molecule has 0 unspecified atom stereocenters. The van der Waals surface area contributed by atoms with Gasteiger partial charge in [-0.25, -0.2) is 8.42 Å². The molecule has 0 fully saturated rings. The number of hydrogen-bond acceptors (Lipinski definition) is 3. The van der Waals surface area contributed by atoms with E-state index in [1.165, 1.54) is 24.3 Å². The van der Waals surface area contributed by atoms with Gasteiger partial charge in [-0.1, -0.05) is 31.0 Å². The van der Waals surface area contributed by atoms with Crippen molar-refractivity contribution in [2.24, 2.45) is 0 Å². The Kier molecular flexibility index (Phi) is 6.45. The van der Waals surface area contributed by atoms with Gasteiger partial charge in [-0.15, -0.1) is 0 Å². The molecule has 1 amide bonds. The first-order valence-corrected chi connectivity index (χ1v) is 9.87. The number of anilines is 1. The molecule has 2 aromatic carbocycles. The minimum absolute atomic E-state index is 0.0805. The van der Waals surface area contributed by atoms with Crippen LogP contribution in [0.2, 0.25) is 5.02 Å². The van der Waals surface area contributed by atoms with E-state index in [1.807, 2.05) is 6.92 Å². The normalized spacial score (nSPS) is 11.2. The number of unbranched alkanes of at least 4 members (excludes halogenated alkanes) is 1. The van der Waals surface area contributed by atoms with Crippen LogP contribution in [0.15, 0.2) is 47.4 Å². The molecule has 2 rings (SSSR count). The SMILES string of the molecule is CCCCNC(=O)c1ccc(S(=O)(=O)Nc2cc(Cl)ccc2C)cc1. The van der Waals surface area contributed by atoms with Crippen molar-refractivity contribution in [3.05, 3.63) is 58.6 Å². The van der Waals surface area contributed by atoms with E-state index >= 15 is 0 Å². The molecule has 0 aromatic heterocycles. The number of amides is 1. The number of benzene rings is 2. The van der Waals surface area contributed by atoms with Crippen LogP contribution in [0.5, 0.6) is 0 Å². The molecule has 0 bridgehead atoms.